The molecule has 1 saturated heterocycles. The van der Waals surface area contributed by atoms with Gasteiger partial charge in [-0.3, -0.25) is 4.79 Å². The SMILES string of the molecule is CCc1ccc(C(=O)N2CCC(n3cnnc3-c3ccccc3)CC2)cc1. The highest BCUT2D eigenvalue weighted by Gasteiger charge is 2.26. The van der Waals surface area contributed by atoms with Crippen LogP contribution in [0.1, 0.15) is 41.7 Å². The summed E-state index contributed by atoms with van der Waals surface area (Å²) in [4.78, 5) is 14.7. The number of piperidine rings is 1. The molecule has 1 aliphatic heterocycles. The molecular formula is C22H24N4O. The number of likely N-dealkylation sites (tertiary alicyclic amines) is 1. The lowest BCUT2D eigenvalue weighted by molar-refractivity contribution is 0.0695. The fraction of sp³-hybridized carbons (Fsp3) is 0.318. The van der Waals surface area contributed by atoms with Crippen molar-refractivity contribution in [1.29, 1.82) is 0 Å². The molecule has 0 unspecified atom stereocenters. The number of benzene rings is 2. The molecule has 0 bridgehead atoms. The van der Waals surface area contributed by atoms with Crippen LogP contribution in [0.25, 0.3) is 11.4 Å². The first kappa shape index (κ1) is 17.5. The van der Waals surface area contributed by atoms with Crippen LogP contribution in [0, 0.1) is 0 Å². The number of carbonyl (C=O) groups is 1. The van der Waals surface area contributed by atoms with Crippen LogP contribution in [0.15, 0.2) is 60.9 Å². The van der Waals surface area contributed by atoms with Gasteiger partial charge in [0.25, 0.3) is 5.91 Å². The van der Waals surface area contributed by atoms with Crippen molar-refractivity contribution in [3.05, 3.63) is 72.1 Å². The third kappa shape index (κ3) is 3.63. The highest BCUT2D eigenvalue weighted by atomic mass is 16.2. The molecule has 3 aromatic rings. The molecule has 1 aromatic heterocycles. The average molecular weight is 360 g/mol. The Kier molecular flexibility index (Phi) is 5.01. The predicted molar refractivity (Wildman–Crippen MR) is 105 cm³/mol. The Morgan fingerprint density at radius 1 is 1.04 bits per heavy atom. The maximum atomic E-state index is 12.8. The number of carbonyl (C=O) groups excluding carboxylic acids is 1. The molecule has 1 amide bonds. The minimum Gasteiger partial charge on any atom is -0.338 e. The lowest BCUT2D eigenvalue weighted by Gasteiger charge is -2.33. The summed E-state index contributed by atoms with van der Waals surface area (Å²) >= 11 is 0. The third-order valence-electron chi connectivity index (χ3n) is 5.36. The molecule has 138 valence electrons. The first-order valence-electron chi connectivity index (χ1n) is 9.59. The standard InChI is InChI=1S/C22H24N4O/c1-2-17-8-10-19(11-9-17)22(27)25-14-12-20(13-15-25)26-16-23-24-21(26)18-6-4-3-5-7-18/h3-11,16,20H,2,12-15H2,1H3. The second kappa shape index (κ2) is 7.74. The second-order valence-electron chi connectivity index (χ2n) is 7.00. The van der Waals surface area contributed by atoms with Gasteiger partial charge in [0.1, 0.15) is 6.33 Å². The van der Waals surface area contributed by atoms with E-state index in [1.807, 2.05) is 53.7 Å². The van der Waals surface area contributed by atoms with Crippen LogP contribution in [-0.2, 0) is 6.42 Å². The van der Waals surface area contributed by atoms with E-state index >= 15 is 0 Å². The van der Waals surface area contributed by atoms with E-state index in [1.54, 1.807) is 0 Å². The minimum absolute atomic E-state index is 0.128. The van der Waals surface area contributed by atoms with Crippen molar-refractivity contribution in [2.75, 3.05) is 13.1 Å². The molecule has 1 aliphatic rings. The van der Waals surface area contributed by atoms with Crippen LogP contribution in [0.5, 0.6) is 0 Å². The van der Waals surface area contributed by atoms with E-state index in [0.717, 1.165) is 49.3 Å². The van der Waals surface area contributed by atoms with Crippen molar-refractivity contribution in [3.63, 3.8) is 0 Å². The van der Waals surface area contributed by atoms with Gasteiger partial charge < -0.3 is 9.47 Å². The molecule has 27 heavy (non-hydrogen) atoms. The smallest absolute Gasteiger partial charge is 0.253 e. The van der Waals surface area contributed by atoms with Crippen molar-refractivity contribution in [3.8, 4) is 11.4 Å². The summed E-state index contributed by atoms with van der Waals surface area (Å²) < 4.78 is 2.16. The van der Waals surface area contributed by atoms with Crippen molar-refractivity contribution >= 4 is 5.91 Å². The van der Waals surface area contributed by atoms with Crippen LogP contribution in [0.2, 0.25) is 0 Å². The average Bonchev–Trinajstić information content (AvgIpc) is 3.24. The summed E-state index contributed by atoms with van der Waals surface area (Å²) in [6, 6.07) is 18.4. The summed E-state index contributed by atoms with van der Waals surface area (Å²) in [6.07, 6.45) is 4.63. The maximum absolute atomic E-state index is 12.8. The Balaban J connectivity index is 1.44. The van der Waals surface area contributed by atoms with Gasteiger partial charge in [-0.2, -0.15) is 0 Å². The van der Waals surface area contributed by atoms with Gasteiger partial charge in [-0.15, -0.1) is 10.2 Å². The molecule has 2 heterocycles. The largest absolute Gasteiger partial charge is 0.338 e. The minimum atomic E-state index is 0.128. The van der Waals surface area contributed by atoms with Crippen molar-refractivity contribution in [2.45, 2.75) is 32.2 Å². The van der Waals surface area contributed by atoms with E-state index in [1.165, 1.54) is 5.56 Å². The van der Waals surface area contributed by atoms with E-state index in [-0.39, 0.29) is 5.91 Å². The van der Waals surface area contributed by atoms with Gasteiger partial charge in [0, 0.05) is 30.3 Å². The summed E-state index contributed by atoms with van der Waals surface area (Å²) in [5.41, 5.74) is 3.11. The molecule has 0 aliphatic carbocycles. The lowest BCUT2D eigenvalue weighted by Crippen LogP contribution is -2.39. The summed E-state index contributed by atoms with van der Waals surface area (Å²) in [6.45, 7) is 3.63. The van der Waals surface area contributed by atoms with E-state index in [0.29, 0.717) is 6.04 Å². The summed E-state index contributed by atoms with van der Waals surface area (Å²) in [5.74, 6) is 1.03. The number of aromatic nitrogens is 3. The Hall–Kier alpha value is -2.95. The Morgan fingerprint density at radius 3 is 2.41 bits per heavy atom. The van der Waals surface area contributed by atoms with Crippen molar-refractivity contribution in [1.82, 2.24) is 19.7 Å². The number of hydrogen-bond donors (Lipinski definition) is 0. The van der Waals surface area contributed by atoms with Gasteiger partial charge in [-0.25, -0.2) is 0 Å². The lowest BCUT2D eigenvalue weighted by atomic mass is 10.0. The van der Waals surface area contributed by atoms with E-state index in [4.69, 9.17) is 0 Å². The monoisotopic (exact) mass is 360 g/mol. The van der Waals surface area contributed by atoms with Crippen LogP contribution in [0.4, 0.5) is 0 Å². The van der Waals surface area contributed by atoms with Gasteiger partial charge in [-0.05, 0) is 37.0 Å². The van der Waals surface area contributed by atoms with Crippen LogP contribution in [0.3, 0.4) is 0 Å². The van der Waals surface area contributed by atoms with Crippen LogP contribution in [-0.4, -0.2) is 38.7 Å². The Morgan fingerprint density at radius 2 is 1.74 bits per heavy atom. The third-order valence-corrected chi connectivity index (χ3v) is 5.36. The van der Waals surface area contributed by atoms with Gasteiger partial charge >= 0.3 is 0 Å². The molecule has 5 nitrogen and oxygen atoms in total. The molecule has 0 radical (unpaired) electrons. The number of nitrogens with zero attached hydrogens (tertiary/aromatic N) is 4. The fourth-order valence-corrected chi connectivity index (χ4v) is 3.72. The fourth-order valence-electron chi connectivity index (χ4n) is 3.72. The molecule has 5 heteroatoms. The molecule has 2 aromatic carbocycles. The summed E-state index contributed by atoms with van der Waals surface area (Å²) in [5, 5.41) is 8.44. The van der Waals surface area contributed by atoms with Crippen LogP contribution < -0.4 is 0 Å². The number of hydrogen-bond acceptors (Lipinski definition) is 3. The van der Waals surface area contributed by atoms with E-state index in [2.05, 4.69) is 33.8 Å². The highest BCUT2D eigenvalue weighted by Crippen LogP contribution is 2.28. The Bertz CT molecular complexity index is 894. The quantitative estimate of drug-likeness (QED) is 0.707. The molecule has 0 spiro atoms. The highest BCUT2D eigenvalue weighted by molar-refractivity contribution is 5.94. The van der Waals surface area contributed by atoms with Crippen molar-refractivity contribution < 1.29 is 4.79 Å². The summed E-state index contributed by atoms with van der Waals surface area (Å²) in [7, 11) is 0. The zero-order valence-electron chi connectivity index (χ0n) is 15.6. The molecule has 0 atom stereocenters. The zero-order valence-corrected chi connectivity index (χ0v) is 15.6. The topological polar surface area (TPSA) is 51.0 Å². The normalized spacial score (nSPS) is 15.1. The molecular weight excluding hydrogens is 336 g/mol. The van der Waals surface area contributed by atoms with Crippen molar-refractivity contribution in [2.24, 2.45) is 0 Å². The van der Waals surface area contributed by atoms with Gasteiger partial charge in [0.05, 0.1) is 0 Å². The first-order valence-corrected chi connectivity index (χ1v) is 9.59. The second-order valence-corrected chi connectivity index (χ2v) is 7.00. The first-order chi connectivity index (χ1) is 13.3. The van der Waals surface area contributed by atoms with E-state index < -0.39 is 0 Å². The zero-order chi connectivity index (χ0) is 18.6. The molecule has 0 N–H and O–H groups in total. The Labute approximate surface area is 159 Å². The molecule has 4 rings (SSSR count). The molecule has 1 fully saturated rings. The van der Waals surface area contributed by atoms with Gasteiger partial charge in [0.2, 0.25) is 0 Å². The van der Waals surface area contributed by atoms with Gasteiger partial charge in [-0.1, -0.05) is 49.4 Å². The number of aryl methyl sites for hydroxylation is 1. The van der Waals surface area contributed by atoms with Gasteiger partial charge in [0.15, 0.2) is 5.82 Å². The maximum Gasteiger partial charge on any atom is 0.253 e. The number of amides is 1. The van der Waals surface area contributed by atoms with Crippen LogP contribution >= 0.6 is 0 Å². The van der Waals surface area contributed by atoms with E-state index in [9.17, 15) is 4.79 Å². The number of rotatable bonds is 4. The molecule has 0 saturated carbocycles. The predicted octanol–water partition coefficient (Wildman–Crippen LogP) is 3.98.